The predicted octanol–water partition coefficient (Wildman–Crippen LogP) is 5.98. The van der Waals surface area contributed by atoms with Crippen molar-refractivity contribution in [2.75, 3.05) is 20.2 Å². The number of benzene rings is 3. The number of aromatic nitrogens is 2. The standard InChI is InChI=1S/C28H28ClN3O/c1-33-27-6-4-5-25(19-27)28(32-18-15-30-21-32,24-11-13-26(29)14-12-24)23-9-7-22(8-10-23)20-31-16-2-3-17-31/h4-15,18-19,21H,2-3,16-17,20H2,1H3. The van der Waals surface area contributed by atoms with E-state index in [0.29, 0.717) is 5.02 Å². The maximum absolute atomic E-state index is 6.28. The molecule has 3 aromatic carbocycles. The van der Waals surface area contributed by atoms with Gasteiger partial charge in [0.1, 0.15) is 11.3 Å². The fraction of sp³-hybridized carbons (Fsp3) is 0.250. The lowest BCUT2D eigenvalue weighted by molar-refractivity contribution is 0.331. The minimum Gasteiger partial charge on any atom is -0.497 e. The van der Waals surface area contributed by atoms with Gasteiger partial charge in [-0.15, -0.1) is 0 Å². The molecule has 1 saturated heterocycles. The molecule has 2 heterocycles. The second kappa shape index (κ2) is 9.42. The van der Waals surface area contributed by atoms with Crippen molar-refractivity contribution in [1.82, 2.24) is 14.5 Å². The SMILES string of the molecule is COc1cccc(C(c2ccc(Cl)cc2)(c2ccc(CN3CCCC3)cc2)n2ccnc2)c1. The molecule has 168 valence electrons. The normalized spacial score (nSPS) is 15.9. The Kier molecular flexibility index (Phi) is 6.21. The van der Waals surface area contributed by atoms with Gasteiger partial charge in [-0.2, -0.15) is 0 Å². The van der Waals surface area contributed by atoms with Gasteiger partial charge in [0.15, 0.2) is 0 Å². The molecular formula is C28H28ClN3O. The highest BCUT2D eigenvalue weighted by atomic mass is 35.5. The molecule has 5 rings (SSSR count). The Morgan fingerprint density at radius 1 is 0.909 bits per heavy atom. The Morgan fingerprint density at radius 3 is 2.24 bits per heavy atom. The fourth-order valence-electron chi connectivity index (χ4n) is 4.99. The van der Waals surface area contributed by atoms with E-state index in [-0.39, 0.29) is 0 Å². The van der Waals surface area contributed by atoms with Crippen molar-refractivity contribution in [1.29, 1.82) is 0 Å². The van der Waals surface area contributed by atoms with Gasteiger partial charge in [0.2, 0.25) is 0 Å². The largest absolute Gasteiger partial charge is 0.497 e. The van der Waals surface area contributed by atoms with Gasteiger partial charge in [-0.05, 0) is 72.5 Å². The summed E-state index contributed by atoms with van der Waals surface area (Å²) in [7, 11) is 1.70. The monoisotopic (exact) mass is 457 g/mol. The van der Waals surface area contributed by atoms with Crippen LogP contribution in [0.25, 0.3) is 0 Å². The highest BCUT2D eigenvalue weighted by molar-refractivity contribution is 6.30. The molecule has 5 heteroatoms. The van der Waals surface area contributed by atoms with Crippen molar-refractivity contribution in [3.05, 3.63) is 119 Å². The number of likely N-dealkylation sites (tertiary alicyclic amines) is 1. The quantitative estimate of drug-likeness (QED) is 0.320. The predicted molar refractivity (Wildman–Crippen MR) is 133 cm³/mol. The van der Waals surface area contributed by atoms with Crippen LogP contribution in [0.5, 0.6) is 5.75 Å². The zero-order chi connectivity index (χ0) is 22.7. The first kappa shape index (κ1) is 21.7. The summed E-state index contributed by atoms with van der Waals surface area (Å²) in [5.74, 6) is 0.816. The zero-order valence-corrected chi connectivity index (χ0v) is 19.6. The average molecular weight is 458 g/mol. The third-order valence-corrected chi connectivity index (χ3v) is 6.87. The first-order valence-corrected chi connectivity index (χ1v) is 11.8. The summed E-state index contributed by atoms with van der Waals surface area (Å²) in [5, 5.41) is 0.713. The van der Waals surface area contributed by atoms with Gasteiger partial charge in [-0.1, -0.05) is 60.1 Å². The average Bonchev–Trinajstić information content (AvgIpc) is 3.57. The molecule has 1 fully saturated rings. The Bertz CT molecular complexity index is 1180. The number of hydrogen-bond acceptors (Lipinski definition) is 3. The van der Waals surface area contributed by atoms with Crippen molar-refractivity contribution in [2.45, 2.75) is 24.9 Å². The molecule has 1 unspecified atom stereocenters. The van der Waals surface area contributed by atoms with Gasteiger partial charge in [-0.25, -0.2) is 4.98 Å². The van der Waals surface area contributed by atoms with Gasteiger partial charge in [-0.3, -0.25) is 4.90 Å². The van der Waals surface area contributed by atoms with Crippen LogP contribution in [0.2, 0.25) is 5.02 Å². The Hall–Kier alpha value is -3.08. The summed E-state index contributed by atoms with van der Waals surface area (Å²) in [6.45, 7) is 3.38. The summed E-state index contributed by atoms with van der Waals surface area (Å²) in [6.07, 6.45) is 8.33. The molecule has 0 radical (unpaired) electrons. The molecule has 4 nitrogen and oxygen atoms in total. The highest BCUT2D eigenvalue weighted by Crippen LogP contribution is 2.42. The maximum Gasteiger partial charge on any atom is 0.121 e. The van der Waals surface area contributed by atoms with Gasteiger partial charge < -0.3 is 9.30 Å². The van der Waals surface area contributed by atoms with Gasteiger partial charge in [0.25, 0.3) is 0 Å². The molecule has 1 atom stereocenters. The van der Waals surface area contributed by atoms with Crippen LogP contribution < -0.4 is 4.74 Å². The second-order valence-electron chi connectivity index (χ2n) is 8.60. The number of halogens is 1. The van der Waals surface area contributed by atoms with Crippen LogP contribution in [-0.4, -0.2) is 34.7 Å². The highest BCUT2D eigenvalue weighted by Gasteiger charge is 2.38. The van der Waals surface area contributed by atoms with Crippen molar-refractivity contribution in [2.24, 2.45) is 0 Å². The van der Waals surface area contributed by atoms with E-state index in [1.165, 1.54) is 31.5 Å². The molecule has 1 aliphatic heterocycles. The van der Waals surface area contributed by atoms with E-state index in [2.05, 4.69) is 63.0 Å². The number of imidazole rings is 1. The van der Waals surface area contributed by atoms with Gasteiger partial charge in [0, 0.05) is 24.0 Å². The topological polar surface area (TPSA) is 30.3 Å². The molecule has 0 bridgehead atoms. The van der Waals surface area contributed by atoms with Gasteiger partial charge >= 0.3 is 0 Å². The van der Waals surface area contributed by atoms with Gasteiger partial charge in [0.05, 0.1) is 13.4 Å². The molecule has 0 amide bonds. The molecule has 1 aromatic heterocycles. The third-order valence-electron chi connectivity index (χ3n) is 6.62. The van der Waals surface area contributed by atoms with Crippen LogP contribution in [0.15, 0.2) is 91.5 Å². The molecule has 33 heavy (non-hydrogen) atoms. The van der Waals surface area contributed by atoms with E-state index < -0.39 is 5.54 Å². The zero-order valence-electron chi connectivity index (χ0n) is 18.8. The third kappa shape index (κ3) is 4.17. The first-order valence-electron chi connectivity index (χ1n) is 11.4. The number of methoxy groups -OCH3 is 1. The van der Waals surface area contributed by atoms with E-state index in [0.717, 1.165) is 29.0 Å². The lowest BCUT2D eigenvalue weighted by Crippen LogP contribution is -2.37. The second-order valence-corrected chi connectivity index (χ2v) is 9.04. The number of nitrogens with zero attached hydrogens (tertiary/aromatic N) is 3. The minimum atomic E-state index is -0.623. The molecule has 0 aliphatic carbocycles. The van der Waals surface area contributed by atoms with Crippen LogP contribution >= 0.6 is 11.6 Å². The summed E-state index contributed by atoms with van der Waals surface area (Å²) in [4.78, 5) is 6.94. The lowest BCUT2D eigenvalue weighted by Gasteiger charge is -2.37. The molecule has 0 spiro atoms. The van der Waals surface area contributed by atoms with Crippen molar-refractivity contribution < 1.29 is 4.74 Å². The van der Waals surface area contributed by atoms with Crippen molar-refractivity contribution in [3.63, 3.8) is 0 Å². The Balaban J connectivity index is 1.69. The summed E-state index contributed by atoms with van der Waals surface area (Å²) >= 11 is 6.28. The molecule has 4 aromatic rings. The van der Waals surface area contributed by atoms with E-state index in [4.69, 9.17) is 16.3 Å². The first-order chi connectivity index (χ1) is 16.2. The Morgan fingerprint density at radius 2 is 1.61 bits per heavy atom. The van der Waals surface area contributed by atoms with E-state index in [9.17, 15) is 0 Å². The number of hydrogen-bond donors (Lipinski definition) is 0. The van der Waals surface area contributed by atoms with E-state index in [1.807, 2.05) is 43.0 Å². The maximum atomic E-state index is 6.28. The van der Waals surface area contributed by atoms with Crippen LogP contribution in [0.1, 0.15) is 35.1 Å². The number of ether oxygens (including phenoxy) is 1. The lowest BCUT2D eigenvalue weighted by atomic mass is 9.76. The summed E-state index contributed by atoms with van der Waals surface area (Å²) in [5.41, 5.74) is 4.06. The summed E-state index contributed by atoms with van der Waals surface area (Å²) < 4.78 is 7.77. The van der Waals surface area contributed by atoms with E-state index in [1.54, 1.807) is 7.11 Å². The van der Waals surface area contributed by atoms with Crippen LogP contribution in [0.4, 0.5) is 0 Å². The number of rotatable bonds is 7. The van der Waals surface area contributed by atoms with Crippen molar-refractivity contribution >= 4 is 11.6 Å². The fourth-order valence-corrected chi connectivity index (χ4v) is 5.12. The van der Waals surface area contributed by atoms with E-state index >= 15 is 0 Å². The summed E-state index contributed by atoms with van der Waals surface area (Å²) in [6, 6.07) is 25.4. The van der Waals surface area contributed by atoms with Crippen LogP contribution in [0.3, 0.4) is 0 Å². The van der Waals surface area contributed by atoms with Crippen LogP contribution in [-0.2, 0) is 12.1 Å². The molecule has 0 saturated carbocycles. The smallest absolute Gasteiger partial charge is 0.121 e. The minimum absolute atomic E-state index is 0.623. The molecule has 1 aliphatic rings. The molecular weight excluding hydrogens is 430 g/mol. The van der Waals surface area contributed by atoms with Crippen molar-refractivity contribution in [3.8, 4) is 5.75 Å². The Labute approximate surface area is 200 Å². The molecule has 0 N–H and O–H groups in total. The van der Waals surface area contributed by atoms with Crippen LogP contribution in [0, 0.1) is 0 Å².